The Labute approximate surface area is 219 Å². The van der Waals surface area contributed by atoms with E-state index < -0.39 is 0 Å². The first-order valence-electron chi connectivity index (χ1n) is 11.3. The van der Waals surface area contributed by atoms with E-state index in [9.17, 15) is 4.79 Å². The van der Waals surface area contributed by atoms with Gasteiger partial charge in [-0.3, -0.25) is 13.8 Å². The quantitative estimate of drug-likeness (QED) is 0.253. The average Bonchev–Trinajstić information content (AvgIpc) is 3.34. The fraction of sp³-hybridized carbons (Fsp3) is 0.231. The van der Waals surface area contributed by atoms with Crippen molar-refractivity contribution in [3.63, 3.8) is 0 Å². The van der Waals surface area contributed by atoms with Crippen LogP contribution in [0, 0.1) is 0 Å². The summed E-state index contributed by atoms with van der Waals surface area (Å²) in [6.45, 7) is 9.77. The van der Waals surface area contributed by atoms with Crippen molar-refractivity contribution in [2.75, 3.05) is 14.2 Å². The van der Waals surface area contributed by atoms with Gasteiger partial charge in [0.15, 0.2) is 11.0 Å². The summed E-state index contributed by atoms with van der Waals surface area (Å²) in [5.41, 5.74) is 1.83. The van der Waals surface area contributed by atoms with E-state index in [4.69, 9.17) is 9.47 Å². The number of methoxy groups -OCH3 is 2. The molecule has 0 saturated heterocycles. The first kappa shape index (κ1) is 27.1. The van der Waals surface area contributed by atoms with Crippen molar-refractivity contribution in [3.8, 4) is 17.2 Å². The molecule has 3 heterocycles. The Bertz CT molecular complexity index is 1430. The van der Waals surface area contributed by atoms with Gasteiger partial charge in [0.05, 0.1) is 36.7 Å². The lowest BCUT2D eigenvalue weighted by Gasteiger charge is -2.14. The summed E-state index contributed by atoms with van der Waals surface area (Å²) >= 11 is 2.91. The molecule has 0 atom stereocenters. The zero-order valence-electron chi connectivity index (χ0n) is 21.0. The second kappa shape index (κ2) is 13.0. The van der Waals surface area contributed by atoms with Gasteiger partial charge in [-0.2, -0.15) is 0 Å². The third kappa shape index (κ3) is 5.83. The molecular weight excluding hydrogens is 494 g/mol. The summed E-state index contributed by atoms with van der Waals surface area (Å²) in [4.78, 5) is 18.2. The lowest BCUT2D eigenvalue weighted by Crippen LogP contribution is -2.15. The number of hydrogen-bond acceptors (Lipinski definition) is 8. The van der Waals surface area contributed by atoms with E-state index in [0.717, 1.165) is 10.6 Å². The van der Waals surface area contributed by atoms with Crippen molar-refractivity contribution < 1.29 is 9.47 Å². The molecule has 0 aliphatic heterocycles. The molecule has 10 heteroatoms. The minimum absolute atomic E-state index is 0.176. The molecule has 8 nitrogen and oxygen atoms in total. The van der Waals surface area contributed by atoms with Crippen LogP contribution < -0.4 is 15.0 Å². The highest BCUT2D eigenvalue weighted by molar-refractivity contribution is 8.10. The summed E-state index contributed by atoms with van der Waals surface area (Å²) in [6, 6.07) is 12.8. The number of pyridine rings is 1. The van der Waals surface area contributed by atoms with E-state index in [1.54, 1.807) is 38.0 Å². The zero-order valence-corrected chi connectivity index (χ0v) is 22.6. The number of fused-ring (bicyclic) bond motifs is 1. The minimum atomic E-state index is -0.176. The molecule has 0 amide bonds. The molecule has 0 unspecified atom stereocenters. The van der Waals surface area contributed by atoms with Crippen LogP contribution in [0.25, 0.3) is 16.2 Å². The van der Waals surface area contributed by atoms with Gasteiger partial charge in [0.1, 0.15) is 17.1 Å². The molecule has 0 aliphatic carbocycles. The highest BCUT2D eigenvalue weighted by Crippen LogP contribution is 2.35. The summed E-state index contributed by atoms with van der Waals surface area (Å²) in [6.07, 6.45) is 3.60. The SMILES string of the molecule is C=CS/C(=C\C)c1nnc(SCc2cc(=O)n3cc(OC)ccc3n2)n1-c1ccccc1OC.CC. The maximum atomic E-state index is 12.6. The standard InChI is InChI=1S/C24H23N5O3S2.C2H6/c1-5-20(33-6-2)23-26-27-24(29(23)18-9-7-8-10-19(18)32-4)34-15-16-13-22(30)28-14-17(31-3)11-12-21(28)25-16;1-2/h5-14H,2,15H2,1,3-4H3;1-2H3/b20-5-;. The lowest BCUT2D eigenvalue weighted by atomic mass is 10.3. The number of thioether (sulfide) groups is 2. The second-order valence-corrected chi connectivity index (χ2v) is 8.87. The van der Waals surface area contributed by atoms with Crippen LogP contribution in [0.5, 0.6) is 11.5 Å². The summed E-state index contributed by atoms with van der Waals surface area (Å²) < 4.78 is 14.2. The molecule has 0 fully saturated rings. The van der Waals surface area contributed by atoms with Crippen LogP contribution in [0.4, 0.5) is 0 Å². The highest BCUT2D eigenvalue weighted by atomic mass is 32.2. The van der Waals surface area contributed by atoms with Crippen LogP contribution in [-0.4, -0.2) is 38.4 Å². The monoisotopic (exact) mass is 523 g/mol. The van der Waals surface area contributed by atoms with E-state index >= 15 is 0 Å². The number of hydrogen-bond donors (Lipinski definition) is 0. The average molecular weight is 524 g/mol. The van der Waals surface area contributed by atoms with Gasteiger partial charge in [0.25, 0.3) is 5.56 Å². The zero-order chi connectivity index (χ0) is 26.1. The van der Waals surface area contributed by atoms with Gasteiger partial charge >= 0.3 is 0 Å². The predicted octanol–water partition coefficient (Wildman–Crippen LogP) is 5.85. The third-order valence-corrected chi connectivity index (χ3v) is 6.72. The number of rotatable bonds is 9. The molecule has 4 rings (SSSR count). The van der Waals surface area contributed by atoms with Gasteiger partial charge in [-0.15, -0.1) is 10.2 Å². The van der Waals surface area contributed by atoms with Crippen LogP contribution >= 0.6 is 23.5 Å². The number of benzene rings is 1. The maximum Gasteiger partial charge on any atom is 0.258 e. The Balaban J connectivity index is 0.00000176. The molecule has 36 heavy (non-hydrogen) atoms. The van der Waals surface area contributed by atoms with Gasteiger partial charge in [-0.1, -0.05) is 62.2 Å². The molecule has 0 bridgehead atoms. The van der Waals surface area contributed by atoms with Crippen molar-refractivity contribution in [3.05, 3.63) is 88.6 Å². The smallest absolute Gasteiger partial charge is 0.258 e. The summed E-state index contributed by atoms with van der Waals surface area (Å²) in [5, 5.41) is 11.3. The fourth-order valence-electron chi connectivity index (χ4n) is 3.36. The van der Waals surface area contributed by atoms with Gasteiger partial charge in [-0.05, 0) is 36.6 Å². The molecule has 0 N–H and O–H groups in total. The Morgan fingerprint density at radius 1 is 1.11 bits per heavy atom. The van der Waals surface area contributed by atoms with Gasteiger partial charge in [0, 0.05) is 11.8 Å². The molecule has 188 valence electrons. The molecule has 4 aromatic rings. The van der Waals surface area contributed by atoms with Gasteiger partial charge in [0.2, 0.25) is 0 Å². The fourth-order valence-corrected chi connectivity index (χ4v) is 4.75. The highest BCUT2D eigenvalue weighted by Gasteiger charge is 2.20. The van der Waals surface area contributed by atoms with Gasteiger partial charge in [-0.25, -0.2) is 4.98 Å². The Kier molecular flexibility index (Phi) is 9.77. The van der Waals surface area contributed by atoms with E-state index in [1.165, 1.54) is 34.0 Å². The molecular formula is C26H29N5O3S2. The van der Waals surface area contributed by atoms with Gasteiger partial charge < -0.3 is 9.47 Å². The predicted molar refractivity (Wildman–Crippen MR) is 148 cm³/mol. The number of ether oxygens (including phenoxy) is 2. The third-order valence-electron chi connectivity index (χ3n) is 4.92. The topological polar surface area (TPSA) is 83.5 Å². The molecule has 0 aliphatic rings. The van der Waals surface area contributed by atoms with Crippen LogP contribution in [0.3, 0.4) is 0 Å². The van der Waals surface area contributed by atoms with Crippen molar-refractivity contribution in [1.82, 2.24) is 24.1 Å². The summed E-state index contributed by atoms with van der Waals surface area (Å²) in [5.74, 6) is 2.40. The van der Waals surface area contributed by atoms with E-state index in [1.807, 2.05) is 55.7 Å². The van der Waals surface area contributed by atoms with Crippen molar-refractivity contribution in [2.45, 2.75) is 31.7 Å². The van der Waals surface area contributed by atoms with Crippen LogP contribution in [-0.2, 0) is 5.75 Å². The molecule has 0 radical (unpaired) electrons. The van der Waals surface area contributed by atoms with Crippen LogP contribution in [0.1, 0.15) is 32.3 Å². The van der Waals surface area contributed by atoms with Crippen molar-refractivity contribution >= 4 is 34.1 Å². The number of aromatic nitrogens is 5. The molecule has 1 aromatic carbocycles. The number of allylic oxidation sites excluding steroid dienone is 1. The molecule has 0 saturated carbocycles. The molecule has 3 aromatic heterocycles. The van der Waals surface area contributed by atoms with E-state index in [2.05, 4.69) is 21.8 Å². The van der Waals surface area contributed by atoms with Crippen molar-refractivity contribution in [2.24, 2.45) is 0 Å². The second-order valence-electron chi connectivity index (χ2n) is 6.92. The van der Waals surface area contributed by atoms with E-state index in [0.29, 0.717) is 39.6 Å². The van der Waals surface area contributed by atoms with Crippen molar-refractivity contribution in [1.29, 1.82) is 0 Å². The maximum absolute atomic E-state index is 12.6. The minimum Gasteiger partial charge on any atom is -0.495 e. The van der Waals surface area contributed by atoms with Crippen LogP contribution in [0.2, 0.25) is 0 Å². The lowest BCUT2D eigenvalue weighted by molar-refractivity contribution is 0.412. The number of nitrogens with zero attached hydrogens (tertiary/aromatic N) is 5. The Morgan fingerprint density at radius 2 is 1.89 bits per heavy atom. The molecule has 0 spiro atoms. The Hall–Kier alpha value is -3.50. The van der Waals surface area contributed by atoms with E-state index in [-0.39, 0.29) is 5.56 Å². The first-order chi connectivity index (χ1) is 17.6. The first-order valence-corrected chi connectivity index (χ1v) is 13.2. The normalized spacial score (nSPS) is 11.1. The van der Waals surface area contributed by atoms with Crippen LogP contribution in [0.15, 0.2) is 76.7 Å². The Morgan fingerprint density at radius 3 is 2.58 bits per heavy atom. The largest absolute Gasteiger partial charge is 0.495 e. The summed E-state index contributed by atoms with van der Waals surface area (Å²) in [7, 11) is 3.19. The number of para-hydroxylation sites is 2.